The van der Waals surface area contributed by atoms with Crippen molar-refractivity contribution in [3.05, 3.63) is 70.8 Å². The maximum Gasteiger partial charge on any atom is 0.416 e. The van der Waals surface area contributed by atoms with E-state index < -0.39 is 29.3 Å². The van der Waals surface area contributed by atoms with Crippen LogP contribution in [0.4, 0.5) is 22.0 Å². The average molecular weight is 329 g/mol. The van der Waals surface area contributed by atoms with Gasteiger partial charge in [-0.15, -0.1) is 0 Å². The summed E-state index contributed by atoms with van der Waals surface area (Å²) in [4.78, 5) is 13.3. The van der Waals surface area contributed by atoms with Gasteiger partial charge < -0.3 is 4.90 Å². The number of hydrogen-bond acceptors (Lipinski definition) is 1. The molecule has 122 valence electrons. The second-order valence-corrected chi connectivity index (χ2v) is 4.97. The van der Waals surface area contributed by atoms with Crippen LogP contribution in [-0.4, -0.2) is 17.9 Å². The minimum atomic E-state index is -4.48. The van der Waals surface area contributed by atoms with Crippen molar-refractivity contribution in [3.63, 3.8) is 0 Å². The van der Waals surface area contributed by atoms with Crippen LogP contribution in [0, 0.1) is 11.6 Å². The molecule has 0 aromatic heterocycles. The molecule has 2 rings (SSSR count). The Balaban J connectivity index is 2.13. The van der Waals surface area contributed by atoms with E-state index in [0.717, 1.165) is 35.2 Å². The van der Waals surface area contributed by atoms with Gasteiger partial charge in [-0.05, 0) is 30.3 Å². The van der Waals surface area contributed by atoms with Crippen molar-refractivity contribution in [2.45, 2.75) is 12.7 Å². The highest BCUT2D eigenvalue weighted by molar-refractivity contribution is 5.94. The molecule has 0 saturated carbocycles. The van der Waals surface area contributed by atoms with Crippen molar-refractivity contribution in [1.29, 1.82) is 0 Å². The van der Waals surface area contributed by atoms with Gasteiger partial charge in [-0.2, -0.15) is 13.2 Å². The molecule has 0 radical (unpaired) electrons. The fourth-order valence-corrected chi connectivity index (χ4v) is 2.00. The zero-order chi connectivity index (χ0) is 17.2. The molecule has 0 saturated heterocycles. The van der Waals surface area contributed by atoms with Gasteiger partial charge in [0.25, 0.3) is 5.91 Å². The van der Waals surface area contributed by atoms with Crippen molar-refractivity contribution in [3.8, 4) is 0 Å². The third-order valence-corrected chi connectivity index (χ3v) is 3.23. The molecule has 0 heterocycles. The molecule has 23 heavy (non-hydrogen) atoms. The maximum atomic E-state index is 13.6. The fraction of sp³-hybridized carbons (Fsp3) is 0.188. The van der Waals surface area contributed by atoms with E-state index in [1.807, 2.05) is 0 Å². The monoisotopic (exact) mass is 329 g/mol. The molecule has 2 aromatic carbocycles. The number of alkyl halides is 3. The quantitative estimate of drug-likeness (QED) is 0.771. The normalized spacial score (nSPS) is 11.4. The van der Waals surface area contributed by atoms with E-state index in [0.29, 0.717) is 6.07 Å². The molecule has 0 aliphatic heterocycles. The standard InChI is InChI=1S/C16H12F5NO/c1-22(9-11-4-7-13(17)8-14(11)18)15(23)10-2-5-12(6-3-10)16(19,20)21/h2-8H,9H2,1H3. The summed E-state index contributed by atoms with van der Waals surface area (Å²) in [6.07, 6.45) is -4.48. The summed E-state index contributed by atoms with van der Waals surface area (Å²) in [7, 11) is 1.38. The van der Waals surface area contributed by atoms with Gasteiger partial charge in [-0.3, -0.25) is 4.79 Å². The van der Waals surface area contributed by atoms with Gasteiger partial charge in [0.1, 0.15) is 11.6 Å². The smallest absolute Gasteiger partial charge is 0.337 e. The highest BCUT2D eigenvalue weighted by atomic mass is 19.4. The SMILES string of the molecule is CN(Cc1ccc(F)cc1F)C(=O)c1ccc(C(F)(F)F)cc1. The number of benzene rings is 2. The number of carbonyl (C=O) groups is 1. The van der Waals surface area contributed by atoms with Crippen LogP contribution in [0.2, 0.25) is 0 Å². The second kappa shape index (κ2) is 6.36. The van der Waals surface area contributed by atoms with Crippen molar-refractivity contribution in [2.75, 3.05) is 7.05 Å². The molecule has 2 nitrogen and oxygen atoms in total. The molecule has 0 N–H and O–H groups in total. The topological polar surface area (TPSA) is 20.3 Å². The van der Waals surface area contributed by atoms with Gasteiger partial charge in [-0.1, -0.05) is 6.07 Å². The Kier molecular flexibility index (Phi) is 4.68. The van der Waals surface area contributed by atoms with Crippen LogP contribution in [0.25, 0.3) is 0 Å². The van der Waals surface area contributed by atoms with Crippen LogP contribution in [0.15, 0.2) is 42.5 Å². The first-order valence-corrected chi connectivity index (χ1v) is 6.55. The summed E-state index contributed by atoms with van der Waals surface area (Å²) in [5, 5.41) is 0. The molecule has 2 aromatic rings. The molecule has 0 unspecified atom stereocenters. The van der Waals surface area contributed by atoms with E-state index in [1.165, 1.54) is 13.1 Å². The van der Waals surface area contributed by atoms with E-state index >= 15 is 0 Å². The number of hydrogen-bond donors (Lipinski definition) is 0. The number of carbonyl (C=O) groups excluding carboxylic acids is 1. The number of rotatable bonds is 3. The summed E-state index contributed by atoms with van der Waals surface area (Å²) in [5.74, 6) is -2.09. The van der Waals surface area contributed by atoms with Gasteiger partial charge in [0.2, 0.25) is 0 Å². The van der Waals surface area contributed by atoms with Crippen LogP contribution < -0.4 is 0 Å². The molecule has 0 fully saturated rings. The third-order valence-electron chi connectivity index (χ3n) is 3.23. The average Bonchev–Trinajstić information content (AvgIpc) is 2.48. The third kappa shape index (κ3) is 4.06. The molecular weight excluding hydrogens is 317 g/mol. The Morgan fingerprint density at radius 2 is 1.65 bits per heavy atom. The Bertz CT molecular complexity index is 709. The van der Waals surface area contributed by atoms with E-state index in [-0.39, 0.29) is 17.7 Å². The minimum Gasteiger partial charge on any atom is -0.337 e. The lowest BCUT2D eigenvalue weighted by molar-refractivity contribution is -0.137. The fourth-order valence-electron chi connectivity index (χ4n) is 2.00. The van der Waals surface area contributed by atoms with Crippen molar-refractivity contribution in [1.82, 2.24) is 4.90 Å². The van der Waals surface area contributed by atoms with Crippen LogP contribution >= 0.6 is 0 Å². The first kappa shape index (κ1) is 16.9. The number of amides is 1. The zero-order valence-corrected chi connectivity index (χ0v) is 12.0. The first-order valence-electron chi connectivity index (χ1n) is 6.55. The summed E-state index contributed by atoms with van der Waals surface area (Å²) in [5.41, 5.74) is -0.710. The molecule has 1 amide bonds. The molecule has 0 spiro atoms. The summed E-state index contributed by atoms with van der Waals surface area (Å²) >= 11 is 0. The molecule has 0 aliphatic rings. The predicted molar refractivity (Wildman–Crippen MR) is 73.6 cm³/mol. The van der Waals surface area contributed by atoms with E-state index in [9.17, 15) is 26.7 Å². The number of halogens is 5. The lowest BCUT2D eigenvalue weighted by atomic mass is 10.1. The molecule has 0 bridgehead atoms. The zero-order valence-electron chi connectivity index (χ0n) is 12.0. The van der Waals surface area contributed by atoms with Crippen molar-refractivity contribution >= 4 is 5.91 Å². The molecule has 7 heteroatoms. The second-order valence-electron chi connectivity index (χ2n) is 4.97. The van der Waals surface area contributed by atoms with Gasteiger partial charge in [0.15, 0.2) is 0 Å². The Hall–Kier alpha value is -2.44. The van der Waals surface area contributed by atoms with E-state index in [1.54, 1.807) is 0 Å². The summed E-state index contributed by atoms with van der Waals surface area (Å²) in [6, 6.07) is 6.70. The van der Waals surface area contributed by atoms with Gasteiger partial charge in [-0.25, -0.2) is 8.78 Å². The van der Waals surface area contributed by atoms with E-state index in [2.05, 4.69) is 0 Å². The highest BCUT2D eigenvalue weighted by Gasteiger charge is 2.30. The van der Waals surface area contributed by atoms with Crippen molar-refractivity contribution in [2.24, 2.45) is 0 Å². The number of nitrogens with zero attached hydrogens (tertiary/aromatic N) is 1. The maximum absolute atomic E-state index is 13.6. The van der Waals surface area contributed by atoms with Crippen LogP contribution in [-0.2, 0) is 12.7 Å². The van der Waals surface area contributed by atoms with Crippen LogP contribution in [0.1, 0.15) is 21.5 Å². The Labute approximate surface area is 129 Å². The van der Waals surface area contributed by atoms with Crippen LogP contribution in [0.5, 0.6) is 0 Å². The Morgan fingerprint density at radius 1 is 1.04 bits per heavy atom. The predicted octanol–water partition coefficient (Wildman–Crippen LogP) is 4.26. The molecule has 0 atom stereocenters. The molecule has 0 aliphatic carbocycles. The van der Waals surface area contributed by atoms with E-state index in [4.69, 9.17) is 0 Å². The molecular formula is C16H12F5NO. The lowest BCUT2D eigenvalue weighted by Gasteiger charge is -2.18. The van der Waals surface area contributed by atoms with Gasteiger partial charge >= 0.3 is 6.18 Å². The minimum absolute atomic E-state index is 0.0445. The summed E-state index contributed by atoms with van der Waals surface area (Å²) < 4.78 is 63.8. The van der Waals surface area contributed by atoms with Crippen LogP contribution in [0.3, 0.4) is 0 Å². The van der Waals surface area contributed by atoms with Gasteiger partial charge in [0, 0.05) is 30.8 Å². The largest absolute Gasteiger partial charge is 0.416 e. The van der Waals surface area contributed by atoms with Gasteiger partial charge in [0.05, 0.1) is 5.56 Å². The van der Waals surface area contributed by atoms with Crippen molar-refractivity contribution < 1.29 is 26.7 Å². The lowest BCUT2D eigenvalue weighted by Crippen LogP contribution is -2.26. The Morgan fingerprint density at radius 3 is 2.17 bits per heavy atom. The summed E-state index contributed by atoms with van der Waals surface area (Å²) in [6.45, 7) is -0.133. The first-order chi connectivity index (χ1) is 10.7. The highest BCUT2D eigenvalue weighted by Crippen LogP contribution is 2.29.